The summed E-state index contributed by atoms with van der Waals surface area (Å²) in [6, 6.07) is 9.95. The second-order valence-corrected chi connectivity index (χ2v) is 7.58. The second-order valence-electron chi connectivity index (χ2n) is 7.58. The van der Waals surface area contributed by atoms with Gasteiger partial charge < -0.3 is 14.6 Å². The Hall–Kier alpha value is -3.32. The lowest BCUT2D eigenvalue weighted by Gasteiger charge is -2.34. The predicted octanol–water partition coefficient (Wildman–Crippen LogP) is 4.36. The van der Waals surface area contributed by atoms with Crippen LogP contribution >= 0.6 is 0 Å². The molecule has 1 atom stereocenters. The molecule has 5 heterocycles. The summed E-state index contributed by atoms with van der Waals surface area (Å²) in [5, 5.41) is 0.760. The van der Waals surface area contributed by atoms with Gasteiger partial charge in [0.05, 0.1) is 42.2 Å². The molecule has 0 unspecified atom stereocenters. The van der Waals surface area contributed by atoms with Crippen molar-refractivity contribution in [3.63, 3.8) is 0 Å². The van der Waals surface area contributed by atoms with Crippen LogP contribution in [0.15, 0.2) is 48.9 Å². The van der Waals surface area contributed by atoms with E-state index < -0.39 is 5.95 Å². The Labute approximate surface area is 173 Å². The molecule has 6 nitrogen and oxygen atoms in total. The Bertz CT molecular complexity index is 1220. The molecule has 30 heavy (non-hydrogen) atoms. The molecule has 4 aromatic heterocycles. The summed E-state index contributed by atoms with van der Waals surface area (Å²) in [7, 11) is 0. The Morgan fingerprint density at radius 1 is 1.23 bits per heavy atom. The number of aromatic amines is 1. The highest BCUT2D eigenvalue weighted by molar-refractivity contribution is 5.94. The summed E-state index contributed by atoms with van der Waals surface area (Å²) in [6.45, 7) is 6.09. The van der Waals surface area contributed by atoms with Crippen molar-refractivity contribution in [2.75, 3.05) is 24.7 Å². The first-order valence-corrected chi connectivity index (χ1v) is 10.0. The van der Waals surface area contributed by atoms with Gasteiger partial charge in [0.2, 0.25) is 5.95 Å². The molecular formula is C23H22FN5O. The van der Waals surface area contributed by atoms with Gasteiger partial charge in [-0.1, -0.05) is 6.07 Å². The van der Waals surface area contributed by atoms with E-state index in [2.05, 4.69) is 32.8 Å². The van der Waals surface area contributed by atoms with E-state index in [1.54, 1.807) is 12.4 Å². The minimum atomic E-state index is -0.532. The molecule has 0 aromatic carbocycles. The molecule has 1 N–H and O–H groups in total. The van der Waals surface area contributed by atoms with Crippen molar-refractivity contribution in [1.29, 1.82) is 0 Å². The molecule has 0 amide bonds. The van der Waals surface area contributed by atoms with Crippen molar-refractivity contribution in [1.82, 2.24) is 19.9 Å². The van der Waals surface area contributed by atoms with Gasteiger partial charge in [0.25, 0.3) is 0 Å². The Morgan fingerprint density at radius 3 is 2.97 bits per heavy atom. The number of aromatic nitrogens is 4. The highest BCUT2D eigenvalue weighted by Gasteiger charge is 2.23. The Kier molecular flexibility index (Phi) is 4.67. The number of morpholine rings is 1. The van der Waals surface area contributed by atoms with Crippen LogP contribution in [0.1, 0.15) is 12.6 Å². The highest BCUT2D eigenvalue weighted by Crippen LogP contribution is 2.35. The molecule has 1 fully saturated rings. The van der Waals surface area contributed by atoms with E-state index in [4.69, 9.17) is 9.72 Å². The molecular weight excluding hydrogens is 381 g/mol. The van der Waals surface area contributed by atoms with Gasteiger partial charge in [-0.2, -0.15) is 4.39 Å². The maximum Gasteiger partial charge on any atom is 0.223 e. The van der Waals surface area contributed by atoms with Gasteiger partial charge in [0.15, 0.2) is 0 Å². The van der Waals surface area contributed by atoms with E-state index in [1.165, 1.54) is 6.20 Å². The maximum absolute atomic E-state index is 14.9. The number of hydrogen-bond donors (Lipinski definition) is 1. The Balaban J connectivity index is 1.75. The minimum absolute atomic E-state index is 0.176. The number of fused-ring (bicyclic) bond motifs is 1. The Morgan fingerprint density at radius 2 is 2.13 bits per heavy atom. The van der Waals surface area contributed by atoms with Crippen molar-refractivity contribution >= 4 is 16.7 Å². The van der Waals surface area contributed by atoms with Crippen molar-refractivity contribution < 1.29 is 9.13 Å². The van der Waals surface area contributed by atoms with E-state index >= 15 is 0 Å². The van der Waals surface area contributed by atoms with Crippen LogP contribution in [0.2, 0.25) is 0 Å². The third-order valence-electron chi connectivity index (χ3n) is 5.61. The third-order valence-corrected chi connectivity index (χ3v) is 5.61. The van der Waals surface area contributed by atoms with E-state index in [0.29, 0.717) is 24.5 Å². The average Bonchev–Trinajstić information content (AvgIpc) is 3.22. The van der Waals surface area contributed by atoms with Crippen LogP contribution in [0.3, 0.4) is 0 Å². The number of hydrogen-bond acceptors (Lipinski definition) is 5. The summed E-state index contributed by atoms with van der Waals surface area (Å²) in [5.74, 6) is 0.268. The van der Waals surface area contributed by atoms with Crippen molar-refractivity contribution in [3.05, 3.63) is 60.6 Å². The molecule has 152 valence electrons. The second kappa shape index (κ2) is 7.50. The number of nitrogens with one attached hydrogen (secondary N) is 1. The van der Waals surface area contributed by atoms with Crippen molar-refractivity contribution in [3.8, 4) is 22.4 Å². The molecule has 1 aliphatic rings. The van der Waals surface area contributed by atoms with Crippen molar-refractivity contribution in [2.45, 2.75) is 19.9 Å². The van der Waals surface area contributed by atoms with Gasteiger partial charge in [-0.3, -0.25) is 4.98 Å². The molecule has 0 spiro atoms. The van der Waals surface area contributed by atoms with E-state index in [0.717, 1.165) is 40.1 Å². The summed E-state index contributed by atoms with van der Waals surface area (Å²) in [5.41, 5.74) is 4.59. The lowest BCUT2D eigenvalue weighted by molar-refractivity contribution is 0.0985. The molecule has 0 saturated carbocycles. The molecule has 0 bridgehead atoms. The number of aryl methyl sites for hydroxylation is 1. The molecule has 1 aliphatic heterocycles. The summed E-state index contributed by atoms with van der Waals surface area (Å²) in [6.07, 6.45) is 5.07. The van der Waals surface area contributed by atoms with Gasteiger partial charge in [0, 0.05) is 35.6 Å². The highest BCUT2D eigenvalue weighted by atomic mass is 19.1. The zero-order valence-electron chi connectivity index (χ0n) is 16.9. The first-order valence-electron chi connectivity index (χ1n) is 10.0. The number of ether oxygens (including phenoxy) is 1. The summed E-state index contributed by atoms with van der Waals surface area (Å²) < 4.78 is 20.5. The molecule has 5 rings (SSSR count). The maximum atomic E-state index is 14.9. The van der Waals surface area contributed by atoms with Gasteiger partial charge in [-0.25, -0.2) is 9.97 Å². The number of anilines is 1. The fourth-order valence-electron chi connectivity index (χ4n) is 4.05. The number of pyridine rings is 3. The van der Waals surface area contributed by atoms with Gasteiger partial charge in [0.1, 0.15) is 5.82 Å². The van der Waals surface area contributed by atoms with E-state index in [1.807, 2.05) is 31.2 Å². The average molecular weight is 403 g/mol. The van der Waals surface area contributed by atoms with E-state index in [-0.39, 0.29) is 6.04 Å². The van der Waals surface area contributed by atoms with Crippen LogP contribution < -0.4 is 4.90 Å². The molecule has 0 radical (unpaired) electrons. The standard InChI is InChI=1S/C23H22FN5O/c1-14-13-30-9-8-29(14)21-11-16(17-4-3-6-25-15(17)2)10-19(28-21)22-18-5-7-26-20(18)12-27-23(22)24/h3-7,10-12,14,26H,8-9,13H2,1-2H3/t14-/m1/s1. The van der Waals surface area contributed by atoms with Crippen LogP contribution in [-0.2, 0) is 4.74 Å². The fourth-order valence-corrected chi connectivity index (χ4v) is 4.05. The monoisotopic (exact) mass is 403 g/mol. The van der Waals surface area contributed by atoms with Crippen LogP contribution in [0, 0.1) is 12.9 Å². The minimum Gasteiger partial charge on any atom is -0.377 e. The summed E-state index contributed by atoms with van der Waals surface area (Å²) in [4.78, 5) is 18.6. The first kappa shape index (κ1) is 18.7. The van der Waals surface area contributed by atoms with Gasteiger partial charge >= 0.3 is 0 Å². The topological polar surface area (TPSA) is 66.9 Å². The normalized spacial score (nSPS) is 16.9. The number of halogens is 1. The first-order chi connectivity index (χ1) is 14.6. The molecule has 4 aromatic rings. The fraction of sp³-hybridized carbons (Fsp3) is 0.261. The van der Waals surface area contributed by atoms with E-state index in [9.17, 15) is 4.39 Å². The van der Waals surface area contributed by atoms with Crippen LogP contribution in [-0.4, -0.2) is 45.7 Å². The molecule has 1 saturated heterocycles. The number of rotatable bonds is 3. The number of nitrogens with zero attached hydrogens (tertiary/aromatic N) is 4. The van der Waals surface area contributed by atoms with Crippen LogP contribution in [0.4, 0.5) is 10.2 Å². The zero-order chi connectivity index (χ0) is 20.7. The van der Waals surface area contributed by atoms with Gasteiger partial charge in [-0.05, 0) is 43.7 Å². The number of H-pyrrole nitrogens is 1. The molecule has 0 aliphatic carbocycles. The van der Waals surface area contributed by atoms with Crippen molar-refractivity contribution in [2.24, 2.45) is 0 Å². The quantitative estimate of drug-likeness (QED) is 0.515. The smallest absolute Gasteiger partial charge is 0.223 e. The third kappa shape index (κ3) is 3.21. The molecule has 7 heteroatoms. The lowest BCUT2D eigenvalue weighted by atomic mass is 10.0. The largest absolute Gasteiger partial charge is 0.377 e. The summed E-state index contributed by atoms with van der Waals surface area (Å²) >= 11 is 0. The lowest BCUT2D eigenvalue weighted by Crippen LogP contribution is -2.44. The van der Waals surface area contributed by atoms with Crippen LogP contribution in [0.5, 0.6) is 0 Å². The SMILES string of the molecule is Cc1ncccc1-c1cc(-c2c(F)ncc3[nH]ccc23)nc(N2CCOC[C@H]2C)c1. The predicted molar refractivity (Wildman–Crippen MR) is 115 cm³/mol. The van der Waals surface area contributed by atoms with Gasteiger partial charge in [-0.15, -0.1) is 0 Å². The zero-order valence-corrected chi connectivity index (χ0v) is 16.9. The van der Waals surface area contributed by atoms with Crippen LogP contribution in [0.25, 0.3) is 33.3 Å².